The van der Waals surface area contributed by atoms with Crippen molar-refractivity contribution in [2.75, 3.05) is 47.1 Å². The summed E-state index contributed by atoms with van der Waals surface area (Å²) in [4.78, 5) is 4.38. The van der Waals surface area contributed by atoms with E-state index < -0.39 is 0 Å². The number of aliphatic imine (C=N–C) groups is 1. The molecule has 2 aliphatic rings. The van der Waals surface area contributed by atoms with Gasteiger partial charge >= 0.3 is 0 Å². The van der Waals surface area contributed by atoms with Gasteiger partial charge in [0.05, 0.1) is 19.3 Å². The molecule has 0 aliphatic heterocycles. The fraction of sp³-hybridized carbons (Fsp3) is 0.944. The molecule has 2 atom stereocenters. The maximum absolute atomic E-state index is 5.98. The van der Waals surface area contributed by atoms with Crippen molar-refractivity contribution in [3.05, 3.63) is 0 Å². The Morgan fingerprint density at radius 2 is 2.00 bits per heavy atom. The molecule has 140 valence electrons. The highest BCUT2D eigenvalue weighted by Crippen LogP contribution is 2.54. The number of ether oxygens (including phenoxy) is 3. The minimum Gasteiger partial charge on any atom is -0.382 e. The molecule has 0 aromatic heterocycles. The number of guanidine groups is 1. The van der Waals surface area contributed by atoms with Crippen LogP contribution < -0.4 is 10.6 Å². The lowest BCUT2D eigenvalue weighted by atomic mass is 9.60. The monoisotopic (exact) mass is 341 g/mol. The average Bonchev–Trinajstić information content (AvgIpc) is 3.11. The molecule has 0 amide bonds. The third-order valence-electron chi connectivity index (χ3n) is 5.41. The molecule has 0 bridgehead atoms. The van der Waals surface area contributed by atoms with Crippen molar-refractivity contribution in [2.45, 2.75) is 57.6 Å². The van der Waals surface area contributed by atoms with Crippen LogP contribution in [0.2, 0.25) is 0 Å². The molecule has 0 aromatic carbocycles. The van der Waals surface area contributed by atoms with Gasteiger partial charge in [0.25, 0.3) is 0 Å². The predicted octanol–water partition coefficient (Wildman–Crippen LogP) is 1.94. The molecule has 6 heteroatoms. The van der Waals surface area contributed by atoms with Gasteiger partial charge in [-0.05, 0) is 32.6 Å². The van der Waals surface area contributed by atoms with Gasteiger partial charge in [0.2, 0.25) is 0 Å². The molecule has 2 N–H and O–H groups in total. The zero-order chi connectivity index (χ0) is 17.3. The van der Waals surface area contributed by atoms with Crippen LogP contribution >= 0.6 is 0 Å². The van der Waals surface area contributed by atoms with Crippen molar-refractivity contribution in [3.63, 3.8) is 0 Å². The van der Waals surface area contributed by atoms with Gasteiger partial charge in [0.1, 0.15) is 0 Å². The predicted molar refractivity (Wildman–Crippen MR) is 96.5 cm³/mol. The van der Waals surface area contributed by atoms with E-state index in [1.54, 1.807) is 7.11 Å². The zero-order valence-corrected chi connectivity index (χ0v) is 15.6. The maximum atomic E-state index is 5.98. The standard InChI is InChI=1S/C18H35N3O3/c1-4-24-16-14-15(18(16)8-5-6-9-18)21-17(19-2)20-10-7-11-23-13-12-22-3/h15-16H,4-14H2,1-3H3,(H2,19,20,21). The summed E-state index contributed by atoms with van der Waals surface area (Å²) in [5, 5.41) is 7.03. The number of rotatable bonds is 10. The van der Waals surface area contributed by atoms with Crippen LogP contribution in [0.3, 0.4) is 0 Å². The number of nitrogens with zero attached hydrogens (tertiary/aromatic N) is 1. The van der Waals surface area contributed by atoms with E-state index in [0.29, 0.717) is 30.8 Å². The van der Waals surface area contributed by atoms with Gasteiger partial charge in [-0.3, -0.25) is 4.99 Å². The van der Waals surface area contributed by atoms with E-state index in [4.69, 9.17) is 14.2 Å². The summed E-state index contributed by atoms with van der Waals surface area (Å²) in [7, 11) is 3.53. The van der Waals surface area contributed by atoms with Gasteiger partial charge in [0.15, 0.2) is 5.96 Å². The molecule has 1 spiro atoms. The molecule has 2 unspecified atom stereocenters. The molecule has 6 nitrogen and oxygen atoms in total. The van der Waals surface area contributed by atoms with Gasteiger partial charge in [-0.25, -0.2) is 0 Å². The lowest BCUT2D eigenvalue weighted by Crippen LogP contribution is -2.65. The summed E-state index contributed by atoms with van der Waals surface area (Å²) in [5.41, 5.74) is 0.330. The van der Waals surface area contributed by atoms with Gasteiger partial charge in [-0.1, -0.05) is 12.8 Å². The van der Waals surface area contributed by atoms with Crippen molar-refractivity contribution in [2.24, 2.45) is 10.4 Å². The molecular formula is C18H35N3O3. The average molecular weight is 341 g/mol. The minimum absolute atomic E-state index is 0.330. The first-order valence-corrected chi connectivity index (χ1v) is 9.42. The fourth-order valence-corrected chi connectivity index (χ4v) is 4.07. The third-order valence-corrected chi connectivity index (χ3v) is 5.41. The molecule has 2 fully saturated rings. The second-order valence-corrected chi connectivity index (χ2v) is 6.77. The molecule has 24 heavy (non-hydrogen) atoms. The van der Waals surface area contributed by atoms with E-state index in [1.165, 1.54) is 25.7 Å². The highest BCUT2D eigenvalue weighted by Gasteiger charge is 2.56. The Labute approximate surface area is 146 Å². The smallest absolute Gasteiger partial charge is 0.191 e. The summed E-state index contributed by atoms with van der Waals surface area (Å²) >= 11 is 0. The van der Waals surface area contributed by atoms with Crippen LogP contribution in [-0.4, -0.2) is 65.2 Å². The van der Waals surface area contributed by atoms with Crippen LogP contribution in [0.15, 0.2) is 4.99 Å². The van der Waals surface area contributed by atoms with Crippen molar-refractivity contribution in [3.8, 4) is 0 Å². The molecule has 0 radical (unpaired) electrons. The van der Waals surface area contributed by atoms with E-state index in [2.05, 4.69) is 22.5 Å². The number of hydrogen-bond acceptors (Lipinski definition) is 4. The summed E-state index contributed by atoms with van der Waals surface area (Å²) in [6.07, 6.45) is 7.68. The van der Waals surface area contributed by atoms with Crippen molar-refractivity contribution in [1.82, 2.24) is 10.6 Å². The second kappa shape index (κ2) is 10.2. The Morgan fingerprint density at radius 1 is 1.21 bits per heavy atom. The van der Waals surface area contributed by atoms with E-state index in [0.717, 1.165) is 38.6 Å². The highest BCUT2D eigenvalue weighted by molar-refractivity contribution is 5.80. The van der Waals surface area contributed by atoms with Crippen LogP contribution in [0.5, 0.6) is 0 Å². The molecule has 2 aliphatic carbocycles. The van der Waals surface area contributed by atoms with Crippen molar-refractivity contribution < 1.29 is 14.2 Å². The largest absolute Gasteiger partial charge is 0.382 e. The maximum Gasteiger partial charge on any atom is 0.191 e. The number of nitrogens with one attached hydrogen (secondary N) is 2. The summed E-state index contributed by atoms with van der Waals surface area (Å²) in [6, 6.07) is 0.487. The van der Waals surface area contributed by atoms with E-state index >= 15 is 0 Å². The quantitative estimate of drug-likeness (QED) is 0.361. The first-order valence-electron chi connectivity index (χ1n) is 9.42. The normalized spacial score (nSPS) is 25.7. The van der Waals surface area contributed by atoms with Crippen LogP contribution in [-0.2, 0) is 14.2 Å². The van der Waals surface area contributed by atoms with E-state index in [1.807, 2.05) is 7.05 Å². The van der Waals surface area contributed by atoms with Crippen molar-refractivity contribution >= 4 is 5.96 Å². The molecule has 0 heterocycles. The second-order valence-electron chi connectivity index (χ2n) is 6.77. The summed E-state index contributed by atoms with van der Waals surface area (Å²) < 4.78 is 16.4. The van der Waals surface area contributed by atoms with Gasteiger partial charge in [0, 0.05) is 45.4 Å². The van der Waals surface area contributed by atoms with Gasteiger partial charge < -0.3 is 24.8 Å². The topological polar surface area (TPSA) is 64.1 Å². The minimum atomic E-state index is 0.330. The lowest BCUT2D eigenvalue weighted by Gasteiger charge is -2.54. The van der Waals surface area contributed by atoms with Crippen molar-refractivity contribution in [1.29, 1.82) is 0 Å². The summed E-state index contributed by atoms with van der Waals surface area (Å²) in [6.45, 7) is 5.83. The van der Waals surface area contributed by atoms with Crippen LogP contribution in [0.25, 0.3) is 0 Å². The van der Waals surface area contributed by atoms with Gasteiger partial charge in [-0.2, -0.15) is 0 Å². The first-order chi connectivity index (χ1) is 11.8. The SMILES string of the molecule is CCOC1CC(NC(=NC)NCCCOCCOC)C12CCCC2. The lowest BCUT2D eigenvalue weighted by molar-refractivity contribution is -0.125. The molecule has 2 rings (SSSR count). The van der Waals surface area contributed by atoms with E-state index in [-0.39, 0.29) is 0 Å². The molecular weight excluding hydrogens is 306 g/mol. The van der Waals surface area contributed by atoms with Crippen LogP contribution in [0, 0.1) is 5.41 Å². The molecule has 0 saturated heterocycles. The molecule has 2 saturated carbocycles. The first kappa shape index (κ1) is 19.5. The van der Waals surface area contributed by atoms with E-state index in [9.17, 15) is 0 Å². The number of methoxy groups -OCH3 is 1. The third kappa shape index (κ3) is 4.83. The Bertz CT molecular complexity index is 384. The number of hydrogen-bond donors (Lipinski definition) is 2. The Balaban J connectivity index is 1.69. The van der Waals surface area contributed by atoms with Crippen LogP contribution in [0.4, 0.5) is 0 Å². The highest BCUT2D eigenvalue weighted by atomic mass is 16.5. The Morgan fingerprint density at radius 3 is 2.67 bits per heavy atom. The zero-order valence-electron chi connectivity index (χ0n) is 15.6. The van der Waals surface area contributed by atoms with Crippen LogP contribution in [0.1, 0.15) is 45.4 Å². The Hall–Kier alpha value is -0.850. The van der Waals surface area contributed by atoms with Gasteiger partial charge in [-0.15, -0.1) is 0 Å². The summed E-state index contributed by atoms with van der Waals surface area (Å²) in [5.74, 6) is 0.901. The molecule has 0 aromatic rings. The Kier molecular flexibility index (Phi) is 8.29. The fourth-order valence-electron chi connectivity index (χ4n) is 4.07.